The molecule has 0 aromatic heterocycles. The summed E-state index contributed by atoms with van der Waals surface area (Å²) in [6.07, 6.45) is 3.57. The first-order valence-electron chi connectivity index (χ1n) is 9.12. The van der Waals surface area contributed by atoms with Gasteiger partial charge in [0.25, 0.3) is 0 Å². The molecular weight excluding hydrogens is 344 g/mol. The van der Waals surface area contributed by atoms with Gasteiger partial charge in [-0.1, -0.05) is 18.2 Å². The van der Waals surface area contributed by atoms with E-state index in [1.54, 1.807) is 6.26 Å². The van der Waals surface area contributed by atoms with Gasteiger partial charge in [0.05, 0.1) is 6.26 Å². The van der Waals surface area contributed by atoms with Gasteiger partial charge in [0, 0.05) is 49.1 Å². The summed E-state index contributed by atoms with van der Waals surface area (Å²) in [6.45, 7) is 6.14. The van der Waals surface area contributed by atoms with Gasteiger partial charge in [0.15, 0.2) is 11.5 Å². The van der Waals surface area contributed by atoms with E-state index >= 15 is 0 Å². The number of rotatable bonds is 5. The molecule has 0 radical (unpaired) electrons. The normalized spacial score (nSPS) is 17.2. The number of nitrogens with zero attached hydrogens (tertiary/aromatic N) is 2. The average Bonchev–Trinajstić information content (AvgIpc) is 2.94. The fourth-order valence-corrected chi connectivity index (χ4v) is 4.19. The van der Waals surface area contributed by atoms with E-state index in [1.807, 2.05) is 23.9 Å². The largest absolute Gasteiger partial charge is 0.485 e. The Hall–Kier alpha value is -2.11. The van der Waals surface area contributed by atoms with Crippen molar-refractivity contribution in [1.82, 2.24) is 4.90 Å². The van der Waals surface area contributed by atoms with Crippen molar-refractivity contribution in [1.29, 1.82) is 0 Å². The highest BCUT2D eigenvalue weighted by molar-refractivity contribution is 7.99. The van der Waals surface area contributed by atoms with Crippen molar-refractivity contribution in [3.63, 3.8) is 0 Å². The molecule has 0 unspecified atom stereocenters. The van der Waals surface area contributed by atoms with Crippen LogP contribution in [0.2, 0.25) is 0 Å². The van der Waals surface area contributed by atoms with Crippen molar-refractivity contribution in [3.05, 3.63) is 60.9 Å². The Morgan fingerprint density at radius 2 is 1.77 bits per heavy atom. The molecule has 1 fully saturated rings. The smallest absolute Gasteiger partial charge is 0.168 e. The fourth-order valence-electron chi connectivity index (χ4n) is 3.25. The highest BCUT2D eigenvalue weighted by atomic mass is 32.2. The SMILES string of the molecule is C1=COc2ccc(SCCN3CCN(c4ccccc4)CC3)cc2OC1. The van der Waals surface area contributed by atoms with Crippen LogP contribution in [0.3, 0.4) is 0 Å². The number of ether oxygens (including phenoxy) is 2. The lowest BCUT2D eigenvalue weighted by Gasteiger charge is -2.36. The summed E-state index contributed by atoms with van der Waals surface area (Å²) < 4.78 is 11.2. The van der Waals surface area contributed by atoms with E-state index < -0.39 is 0 Å². The van der Waals surface area contributed by atoms with Crippen LogP contribution < -0.4 is 14.4 Å². The lowest BCUT2D eigenvalue weighted by Crippen LogP contribution is -2.47. The van der Waals surface area contributed by atoms with E-state index in [9.17, 15) is 0 Å². The number of piperazine rings is 1. The minimum absolute atomic E-state index is 0.562. The van der Waals surface area contributed by atoms with Gasteiger partial charge in [-0.3, -0.25) is 4.90 Å². The molecule has 5 heteroatoms. The van der Waals surface area contributed by atoms with Crippen molar-refractivity contribution in [2.24, 2.45) is 0 Å². The van der Waals surface area contributed by atoms with Gasteiger partial charge in [0.1, 0.15) is 6.61 Å². The molecule has 0 amide bonds. The van der Waals surface area contributed by atoms with Crippen LogP contribution in [0.15, 0.2) is 65.8 Å². The van der Waals surface area contributed by atoms with Gasteiger partial charge in [-0.25, -0.2) is 0 Å². The molecular formula is C21H24N2O2S. The van der Waals surface area contributed by atoms with Gasteiger partial charge in [-0.2, -0.15) is 0 Å². The molecule has 4 nitrogen and oxygen atoms in total. The van der Waals surface area contributed by atoms with Gasteiger partial charge in [-0.15, -0.1) is 11.8 Å². The first kappa shape index (κ1) is 17.3. The average molecular weight is 369 g/mol. The quantitative estimate of drug-likeness (QED) is 0.746. The van der Waals surface area contributed by atoms with Crippen LogP contribution in [0.25, 0.3) is 0 Å². The number of benzene rings is 2. The molecule has 0 bridgehead atoms. The van der Waals surface area contributed by atoms with Gasteiger partial charge >= 0.3 is 0 Å². The number of hydrogen-bond acceptors (Lipinski definition) is 5. The standard InChI is InChI=1S/C21H24N2O2S/c1-2-5-18(6-3-1)23-11-9-22(10-12-23)13-16-26-19-7-8-20-21(17-19)25-15-4-14-24-20/h1-8,14,17H,9-13,15-16H2. The molecule has 0 spiro atoms. The molecule has 2 aliphatic rings. The molecule has 4 rings (SSSR count). The van der Waals surface area contributed by atoms with E-state index in [2.05, 4.69) is 52.3 Å². The number of thioether (sulfide) groups is 1. The van der Waals surface area contributed by atoms with E-state index in [4.69, 9.17) is 9.47 Å². The summed E-state index contributed by atoms with van der Waals surface area (Å²) in [5.41, 5.74) is 1.34. The second kappa shape index (κ2) is 8.52. The summed E-state index contributed by atoms with van der Waals surface area (Å²) in [4.78, 5) is 6.26. The van der Waals surface area contributed by atoms with E-state index in [-0.39, 0.29) is 0 Å². The van der Waals surface area contributed by atoms with Crippen LogP contribution in [0.5, 0.6) is 11.5 Å². The third-order valence-electron chi connectivity index (χ3n) is 4.71. The number of fused-ring (bicyclic) bond motifs is 1. The zero-order chi connectivity index (χ0) is 17.6. The summed E-state index contributed by atoms with van der Waals surface area (Å²) in [6, 6.07) is 16.9. The molecule has 2 aromatic carbocycles. The van der Waals surface area contributed by atoms with Crippen molar-refractivity contribution in [3.8, 4) is 11.5 Å². The topological polar surface area (TPSA) is 24.9 Å². The molecule has 0 atom stereocenters. The Labute approximate surface area is 159 Å². The maximum atomic E-state index is 5.70. The van der Waals surface area contributed by atoms with Crippen molar-refractivity contribution in [2.75, 3.05) is 50.0 Å². The Balaban J connectivity index is 1.23. The summed E-state index contributed by atoms with van der Waals surface area (Å²) in [5.74, 6) is 2.71. The Bertz CT molecular complexity index is 743. The minimum atomic E-state index is 0.562. The van der Waals surface area contributed by atoms with E-state index in [1.165, 1.54) is 10.6 Å². The third kappa shape index (κ3) is 4.34. The van der Waals surface area contributed by atoms with Crippen molar-refractivity contribution in [2.45, 2.75) is 4.90 Å². The minimum Gasteiger partial charge on any atom is -0.485 e. The molecule has 2 heterocycles. The van der Waals surface area contributed by atoms with Crippen LogP contribution >= 0.6 is 11.8 Å². The van der Waals surface area contributed by atoms with Crippen LogP contribution in [0.4, 0.5) is 5.69 Å². The summed E-state index contributed by atoms with van der Waals surface area (Å²) in [5, 5.41) is 0. The molecule has 136 valence electrons. The highest BCUT2D eigenvalue weighted by Crippen LogP contribution is 2.33. The Kier molecular flexibility index (Phi) is 5.67. The molecule has 0 N–H and O–H groups in total. The predicted molar refractivity (Wildman–Crippen MR) is 108 cm³/mol. The molecule has 0 saturated carbocycles. The van der Waals surface area contributed by atoms with E-state index in [0.717, 1.165) is 50.0 Å². The zero-order valence-electron chi connectivity index (χ0n) is 14.8. The molecule has 1 saturated heterocycles. The first-order chi connectivity index (χ1) is 12.9. The van der Waals surface area contributed by atoms with Crippen LogP contribution in [-0.2, 0) is 0 Å². The fraction of sp³-hybridized carbons (Fsp3) is 0.333. The zero-order valence-corrected chi connectivity index (χ0v) is 15.7. The molecule has 26 heavy (non-hydrogen) atoms. The second-order valence-electron chi connectivity index (χ2n) is 6.42. The lowest BCUT2D eigenvalue weighted by molar-refractivity contribution is 0.273. The van der Waals surface area contributed by atoms with Gasteiger partial charge in [0.2, 0.25) is 0 Å². The number of anilines is 1. The van der Waals surface area contributed by atoms with Crippen molar-refractivity contribution >= 4 is 17.4 Å². The van der Waals surface area contributed by atoms with Crippen LogP contribution in [0.1, 0.15) is 0 Å². The van der Waals surface area contributed by atoms with Gasteiger partial charge in [-0.05, 0) is 36.4 Å². The lowest BCUT2D eigenvalue weighted by atomic mass is 10.2. The second-order valence-corrected chi connectivity index (χ2v) is 7.59. The van der Waals surface area contributed by atoms with Gasteiger partial charge < -0.3 is 14.4 Å². The molecule has 0 aliphatic carbocycles. The number of hydrogen-bond donors (Lipinski definition) is 0. The third-order valence-corrected chi connectivity index (χ3v) is 5.69. The highest BCUT2D eigenvalue weighted by Gasteiger charge is 2.17. The van der Waals surface area contributed by atoms with Crippen LogP contribution in [-0.4, -0.2) is 50.0 Å². The van der Waals surface area contributed by atoms with Crippen LogP contribution in [0, 0.1) is 0 Å². The summed E-state index contributed by atoms with van der Waals surface area (Å²) >= 11 is 1.88. The molecule has 2 aromatic rings. The van der Waals surface area contributed by atoms with E-state index in [0.29, 0.717) is 6.61 Å². The monoisotopic (exact) mass is 368 g/mol. The molecule has 2 aliphatic heterocycles. The number of para-hydroxylation sites is 1. The summed E-state index contributed by atoms with van der Waals surface area (Å²) in [7, 11) is 0. The Morgan fingerprint density at radius 3 is 2.62 bits per heavy atom. The Morgan fingerprint density at radius 1 is 0.923 bits per heavy atom. The maximum Gasteiger partial charge on any atom is 0.168 e. The van der Waals surface area contributed by atoms with Crippen molar-refractivity contribution < 1.29 is 9.47 Å². The maximum absolute atomic E-state index is 5.70. The predicted octanol–water partition coefficient (Wildman–Crippen LogP) is 3.89. The first-order valence-corrected chi connectivity index (χ1v) is 10.1.